The van der Waals surface area contributed by atoms with E-state index in [2.05, 4.69) is 5.32 Å². The lowest BCUT2D eigenvalue weighted by atomic mass is 10.0. The zero-order valence-electron chi connectivity index (χ0n) is 16.4. The van der Waals surface area contributed by atoms with Gasteiger partial charge in [-0.3, -0.25) is 9.59 Å². The van der Waals surface area contributed by atoms with Crippen LogP contribution in [0.4, 0.5) is 0 Å². The van der Waals surface area contributed by atoms with Crippen molar-refractivity contribution in [2.24, 2.45) is 5.92 Å². The zero-order chi connectivity index (χ0) is 19.8. The number of amides is 2. The molecule has 1 aromatic heterocycles. The predicted octanol–water partition coefficient (Wildman–Crippen LogP) is 3.92. The number of carbonyl (C=O) groups excluding carboxylic acids is 2. The summed E-state index contributed by atoms with van der Waals surface area (Å²) in [6.07, 6.45) is 3.13. The molecule has 1 heterocycles. The molecule has 5 heteroatoms. The molecule has 0 aliphatic rings. The van der Waals surface area contributed by atoms with Gasteiger partial charge in [0.15, 0.2) is 0 Å². The molecule has 1 N–H and O–H groups in total. The topological polar surface area (TPSA) is 62.6 Å². The molecule has 0 saturated heterocycles. The van der Waals surface area contributed by atoms with E-state index in [0.29, 0.717) is 12.3 Å². The zero-order valence-corrected chi connectivity index (χ0v) is 16.4. The van der Waals surface area contributed by atoms with E-state index in [1.807, 2.05) is 64.1 Å². The van der Waals surface area contributed by atoms with Gasteiger partial charge in [0.25, 0.3) is 0 Å². The third-order valence-corrected chi connectivity index (χ3v) is 4.15. The van der Waals surface area contributed by atoms with Crippen molar-refractivity contribution in [3.63, 3.8) is 0 Å². The van der Waals surface area contributed by atoms with Crippen LogP contribution in [0.1, 0.15) is 39.0 Å². The summed E-state index contributed by atoms with van der Waals surface area (Å²) in [4.78, 5) is 27.4. The fourth-order valence-corrected chi connectivity index (χ4v) is 2.91. The smallest absolute Gasteiger partial charge is 0.247 e. The van der Waals surface area contributed by atoms with Crippen LogP contribution in [0.15, 0.2) is 64.8 Å². The fraction of sp³-hybridized carbons (Fsp3) is 0.364. The second-order valence-corrected chi connectivity index (χ2v) is 7.16. The number of nitrogens with one attached hydrogen (secondary N) is 1. The van der Waals surface area contributed by atoms with Crippen molar-refractivity contribution >= 4 is 11.8 Å². The summed E-state index contributed by atoms with van der Waals surface area (Å²) < 4.78 is 5.41. The molecule has 2 aromatic rings. The Kier molecular flexibility index (Phi) is 7.41. The normalized spacial score (nSPS) is 11.7. The fourth-order valence-electron chi connectivity index (χ4n) is 2.91. The minimum atomic E-state index is -0.595. The van der Waals surface area contributed by atoms with E-state index < -0.39 is 6.04 Å². The van der Waals surface area contributed by atoms with Gasteiger partial charge in [-0.05, 0) is 37.5 Å². The van der Waals surface area contributed by atoms with E-state index in [1.165, 1.54) is 0 Å². The molecule has 1 unspecified atom stereocenters. The maximum absolute atomic E-state index is 13.0. The second kappa shape index (κ2) is 9.76. The van der Waals surface area contributed by atoms with Gasteiger partial charge in [0.05, 0.1) is 12.8 Å². The highest BCUT2D eigenvalue weighted by Crippen LogP contribution is 2.17. The summed E-state index contributed by atoms with van der Waals surface area (Å²) in [5, 5.41) is 2.96. The molecule has 0 bridgehead atoms. The van der Waals surface area contributed by atoms with Gasteiger partial charge in [0.2, 0.25) is 11.8 Å². The summed E-state index contributed by atoms with van der Waals surface area (Å²) in [6, 6.07) is 12.7. The Morgan fingerprint density at radius 1 is 1.11 bits per heavy atom. The SMILES string of the molecule is CC(C)=CC(=O)N(Cc1ccco1)C(C(=O)NCc1ccccc1)C(C)C. The quantitative estimate of drug-likeness (QED) is 0.719. The molecule has 27 heavy (non-hydrogen) atoms. The number of furan rings is 1. The number of nitrogens with zero attached hydrogens (tertiary/aromatic N) is 1. The largest absolute Gasteiger partial charge is 0.467 e. The highest BCUT2D eigenvalue weighted by atomic mass is 16.3. The Labute approximate surface area is 161 Å². The Bertz CT molecular complexity index is 760. The highest BCUT2D eigenvalue weighted by Gasteiger charge is 2.32. The van der Waals surface area contributed by atoms with E-state index in [9.17, 15) is 9.59 Å². The van der Waals surface area contributed by atoms with Crippen molar-refractivity contribution in [3.05, 3.63) is 71.7 Å². The molecular weight excluding hydrogens is 340 g/mol. The average molecular weight is 368 g/mol. The molecule has 2 rings (SSSR count). The molecule has 1 aromatic carbocycles. The molecule has 0 aliphatic heterocycles. The summed E-state index contributed by atoms with van der Waals surface area (Å²) in [5.74, 6) is 0.230. The third-order valence-electron chi connectivity index (χ3n) is 4.15. The van der Waals surface area contributed by atoms with Crippen LogP contribution < -0.4 is 5.32 Å². The van der Waals surface area contributed by atoms with Gasteiger partial charge in [-0.2, -0.15) is 0 Å². The van der Waals surface area contributed by atoms with Crippen LogP contribution >= 0.6 is 0 Å². The highest BCUT2D eigenvalue weighted by molar-refractivity contribution is 5.93. The second-order valence-electron chi connectivity index (χ2n) is 7.16. The first-order valence-electron chi connectivity index (χ1n) is 9.18. The summed E-state index contributed by atoms with van der Waals surface area (Å²) >= 11 is 0. The number of carbonyl (C=O) groups is 2. The van der Waals surface area contributed by atoms with Crippen LogP contribution in [0.5, 0.6) is 0 Å². The number of hydrogen-bond acceptors (Lipinski definition) is 3. The van der Waals surface area contributed by atoms with Crippen LogP contribution in [-0.2, 0) is 22.7 Å². The number of allylic oxidation sites excluding steroid dienone is 1. The summed E-state index contributed by atoms with van der Waals surface area (Å²) in [6.45, 7) is 8.28. The molecule has 5 nitrogen and oxygen atoms in total. The monoisotopic (exact) mass is 368 g/mol. The standard InChI is InChI=1S/C22H28N2O3/c1-16(2)13-20(25)24(15-19-11-8-12-27-19)21(17(3)4)22(26)23-14-18-9-6-5-7-10-18/h5-13,17,21H,14-15H2,1-4H3,(H,23,26). The van der Waals surface area contributed by atoms with Gasteiger partial charge in [0.1, 0.15) is 11.8 Å². The molecule has 0 fully saturated rings. The third kappa shape index (κ3) is 6.13. The van der Waals surface area contributed by atoms with Crippen molar-refractivity contribution in [2.75, 3.05) is 0 Å². The van der Waals surface area contributed by atoms with Gasteiger partial charge in [-0.15, -0.1) is 0 Å². The van der Waals surface area contributed by atoms with Crippen molar-refractivity contribution in [3.8, 4) is 0 Å². The predicted molar refractivity (Wildman–Crippen MR) is 106 cm³/mol. The molecule has 0 radical (unpaired) electrons. The lowest BCUT2D eigenvalue weighted by Crippen LogP contribution is -2.51. The number of rotatable bonds is 8. The van der Waals surface area contributed by atoms with E-state index in [1.54, 1.807) is 23.3 Å². The molecule has 0 saturated carbocycles. The van der Waals surface area contributed by atoms with Gasteiger partial charge in [0, 0.05) is 12.6 Å². The molecule has 144 valence electrons. The first kappa shape index (κ1) is 20.5. The maximum Gasteiger partial charge on any atom is 0.247 e. The minimum absolute atomic E-state index is 0.0507. The van der Waals surface area contributed by atoms with E-state index >= 15 is 0 Å². The molecule has 0 aliphatic carbocycles. The van der Waals surface area contributed by atoms with Gasteiger partial charge < -0.3 is 14.6 Å². The van der Waals surface area contributed by atoms with Crippen LogP contribution in [0.3, 0.4) is 0 Å². The maximum atomic E-state index is 13.0. The van der Waals surface area contributed by atoms with E-state index in [4.69, 9.17) is 4.42 Å². The Balaban J connectivity index is 2.21. The van der Waals surface area contributed by atoms with Crippen LogP contribution in [0.2, 0.25) is 0 Å². The Morgan fingerprint density at radius 2 is 1.81 bits per heavy atom. The minimum Gasteiger partial charge on any atom is -0.467 e. The lowest BCUT2D eigenvalue weighted by Gasteiger charge is -2.32. The van der Waals surface area contributed by atoms with E-state index in [-0.39, 0.29) is 24.3 Å². The Morgan fingerprint density at radius 3 is 2.37 bits per heavy atom. The van der Waals surface area contributed by atoms with E-state index in [0.717, 1.165) is 11.1 Å². The number of hydrogen-bond donors (Lipinski definition) is 1. The lowest BCUT2D eigenvalue weighted by molar-refractivity contribution is -0.140. The molecule has 1 atom stereocenters. The van der Waals surface area contributed by atoms with Crippen molar-refractivity contribution in [2.45, 2.75) is 46.8 Å². The van der Waals surface area contributed by atoms with Crippen LogP contribution in [0.25, 0.3) is 0 Å². The van der Waals surface area contributed by atoms with Crippen molar-refractivity contribution in [1.29, 1.82) is 0 Å². The molecule has 2 amide bonds. The number of benzene rings is 1. The van der Waals surface area contributed by atoms with Crippen LogP contribution in [0, 0.1) is 5.92 Å². The summed E-state index contributed by atoms with van der Waals surface area (Å²) in [7, 11) is 0. The first-order valence-corrected chi connectivity index (χ1v) is 9.18. The van der Waals surface area contributed by atoms with Crippen molar-refractivity contribution in [1.82, 2.24) is 10.2 Å². The van der Waals surface area contributed by atoms with Crippen LogP contribution in [-0.4, -0.2) is 22.8 Å². The van der Waals surface area contributed by atoms with Gasteiger partial charge >= 0.3 is 0 Å². The summed E-state index contributed by atoms with van der Waals surface area (Å²) in [5.41, 5.74) is 1.90. The molecular formula is C22H28N2O3. The average Bonchev–Trinajstić information content (AvgIpc) is 3.12. The van der Waals surface area contributed by atoms with Crippen molar-refractivity contribution < 1.29 is 14.0 Å². The molecule has 0 spiro atoms. The van der Waals surface area contributed by atoms with Gasteiger partial charge in [-0.1, -0.05) is 49.8 Å². The van der Waals surface area contributed by atoms with Gasteiger partial charge in [-0.25, -0.2) is 0 Å². The Hall–Kier alpha value is -2.82. The first-order chi connectivity index (χ1) is 12.9.